The van der Waals surface area contributed by atoms with Crippen LogP contribution in [0.15, 0.2) is 0 Å². The van der Waals surface area contributed by atoms with Crippen molar-refractivity contribution in [3.63, 3.8) is 0 Å². The molecule has 0 aliphatic rings. The predicted molar refractivity (Wildman–Crippen MR) is 60.9 cm³/mol. The third-order valence-corrected chi connectivity index (χ3v) is 2.57. The Balaban J connectivity index is 3.95. The van der Waals surface area contributed by atoms with Crippen LogP contribution in [0.4, 0.5) is 0 Å². The molecule has 6 heteroatoms. The molecule has 88 valence electrons. The minimum absolute atomic E-state index is 0.0282. The molecule has 0 fully saturated rings. The van der Waals surface area contributed by atoms with E-state index < -0.39 is 4.83 Å². The highest BCUT2D eigenvalue weighted by atomic mass is 79.9. The summed E-state index contributed by atoms with van der Waals surface area (Å²) >= 11 is 3.16. The Labute approximate surface area is 98.3 Å². The van der Waals surface area contributed by atoms with Gasteiger partial charge in [-0.05, 0) is 6.92 Å². The summed E-state index contributed by atoms with van der Waals surface area (Å²) in [7, 11) is 4.70. The Morgan fingerprint density at radius 3 is 2.40 bits per heavy atom. The minimum atomic E-state index is -0.431. The van der Waals surface area contributed by atoms with Crippen molar-refractivity contribution in [1.29, 1.82) is 0 Å². The van der Waals surface area contributed by atoms with Crippen LogP contribution < -0.4 is 5.32 Å². The zero-order valence-electron chi connectivity index (χ0n) is 9.41. The molecule has 0 aromatic rings. The topological polar surface area (TPSA) is 58.6 Å². The number of halogens is 1. The summed E-state index contributed by atoms with van der Waals surface area (Å²) in [6.07, 6.45) is 0. The Hall–Kier alpha value is -0.620. The van der Waals surface area contributed by atoms with Gasteiger partial charge >= 0.3 is 5.97 Å². The van der Waals surface area contributed by atoms with E-state index in [1.807, 2.05) is 0 Å². The normalized spacial score (nSPS) is 14.2. The smallest absolute Gasteiger partial charge is 0.320 e. The number of likely N-dealkylation sites (N-methyl/N-ethyl adjacent to an activating group) is 1. The number of nitrogens with zero attached hydrogens (tertiary/aromatic N) is 1. The summed E-state index contributed by atoms with van der Waals surface area (Å²) in [4.78, 5) is 23.5. The Morgan fingerprint density at radius 2 is 2.00 bits per heavy atom. The molecular formula is C9H17BrN2O3. The zero-order valence-corrected chi connectivity index (χ0v) is 11.0. The van der Waals surface area contributed by atoms with E-state index in [1.54, 1.807) is 21.0 Å². The molecule has 2 atom stereocenters. The van der Waals surface area contributed by atoms with Crippen molar-refractivity contribution in [3.05, 3.63) is 0 Å². The molecule has 5 nitrogen and oxygen atoms in total. The molecule has 0 heterocycles. The van der Waals surface area contributed by atoms with Gasteiger partial charge in [-0.25, -0.2) is 0 Å². The van der Waals surface area contributed by atoms with E-state index >= 15 is 0 Å². The number of carbonyl (C=O) groups excluding carboxylic acids is 2. The Morgan fingerprint density at radius 1 is 1.47 bits per heavy atom. The van der Waals surface area contributed by atoms with Crippen LogP contribution in [0, 0.1) is 0 Å². The van der Waals surface area contributed by atoms with Crippen molar-refractivity contribution in [1.82, 2.24) is 10.2 Å². The number of alkyl halides is 1. The molecule has 0 radical (unpaired) electrons. The molecule has 0 aromatic carbocycles. The van der Waals surface area contributed by atoms with Crippen molar-refractivity contribution in [2.75, 3.05) is 27.7 Å². The average molecular weight is 281 g/mol. The first-order valence-electron chi connectivity index (χ1n) is 4.56. The second-order valence-electron chi connectivity index (χ2n) is 3.35. The van der Waals surface area contributed by atoms with E-state index in [9.17, 15) is 9.59 Å². The molecular weight excluding hydrogens is 264 g/mol. The standard InChI is InChI=1S/C9H17BrN2O3/c1-6(8(13)12(2)3)11-5-7(10)9(14)15-4/h6-7,11H,5H2,1-4H3. The van der Waals surface area contributed by atoms with Crippen LogP contribution >= 0.6 is 15.9 Å². The SMILES string of the molecule is COC(=O)C(Br)CNC(C)C(=O)N(C)C. The number of ether oxygens (including phenoxy) is 1. The molecule has 0 spiro atoms. The molecule has 1 N–H and O–H groups in total. The van der Waals surface area contributed by atoms with Gasteiger partial charge in [0.2, 0.25) is 5.91 Å². The van der Waals surface area contributed by atoms with Gasteiger partial charge in [0.15, 0.2) is 0 Å². The molecule has 1 amide bonds. The van der Waals surface area contributed by atoms with Crippen LogP contribution in [0.2, 0.25) is 0 Å². The number of nitrogens with one attached hydrogen (secondary N) is 1. The molecule has 0 bridgehead atoms. The van der Waals surface area contributed by atoms with E-state index in [1.165, 1.54) is 12.0 Å². The summed E-state index contributed by atoms with van der Waals surface area (Å²) < 4.78 is 4.53. The van der Waals surface area contributed by atoms with E-state index in [0.29, 0.717) is 6.54 Å². The molecule has 0 aliphatic heterocycles. The molecule has 0 aliphatic carbocycles. The number of carbonyl (C=O) groups is 2. The van der Waals surface area contributed by atoms with Gasteiger partial charge in [-0.1, -0.05) is 15.9 Å². The number of rotatable bonds is 5. The van der Waals surface area contributed by atoms with Crippen molar-refractivity contribution in [2.24, 2.45) is 0 Å². The maximum absolute atomic E-state index is 11.4. The second kappa shape index (κ2) is 6.79. The lowest BCUT2D eigenvalue weighted by molar-refractivity contribution is -0.140. The molecule has 0 saturated carbocycles. The first kappa shape index (κ1) is 14.4. The molecule has 0 aromatic heterocycles. The number of methoxy groups -OCH3 is 1. The second-order valence-corrected chi connectivity index (χ2v) is 4.46. The monoisotopic (exact) mass is 280 g/mol. The molecule has 0 saturated heterocycles. The molecule has 0 rings (SSSR count). The van der Waals surface area contributed by atoms with Gasteiger partial charge in [0.05, 0.1) is 13.2 Å². The van der Waals surface area contributed by atoms with E-state index in [4.69, 9.17) is 0 Å². The van der Waals surface area contributed by atoms with Gasteiger partial charge < -0.3 is 15.0 Å². The van der Waals surface area contributed by atoms with E-state index in [-0.39, 0.29) is 17.9 Å². The zero-order chi connectivity index (χ0) is 12.0. The summed E-state index contributed by atoms with van der Waals surface area (Å²) in [5, 5.41) is 2.94. The lowest BCUT2D eigenvalue weighted by Crippen LogP contribution is -2.44. The molecule has 2 unspecified atom stereocenters. The third kappa shape index (κ3) is 5.13. The number of esters is 1. The predicted octanol–water partition coefficient (Wildman–Crippen LogP) is -0.0108. The van der Waals surface area contributed by atoms with Gasteiger partial charge in [0.1, 0.15) is 4.83 Å². The summed E-state index contributed by atoms with van der Waals surface area (Å²) in [6.45, 7) is 2.10. The number of hydrogen-bond acceptors (Lipinski definition) is 4. The van der Waals surface area contributed by atoms with Crippen LogP contribution in [-0.2, 0) is 14.3 Å². The molecule has 15 heavy (non-hydrogen) atoms. The van der Waals surface area contributed by atoms with Crippen LogP contribution in [0.1, 0.15) is 6.92 Å². The first-order chi connectivity index (χ1) is 6.90. The van der Waals surface area contributed by atoms with Crippen LogP contribution in [0.25, 0.3) is 0 Å². The van der Waals surface area contributed by atoms with Crippen molar-refractivity contribution >= 4 is 27.8 Å². The maximum atomic E-state index is 11.4. The minimum Gasteiger partial charge on any atom is -0.468 e. The van der Waals surface area contributed by atoms with E-state index in [0.717, 1.165) is 0 Å². The lowest BCUT2D eigenvalue weighted by Gasteiger charge is -2.18. The Bertz CT molecular complexity index is 233. The maximum Gasteiger partial charge on any atom is 0.320 e. The van der Waals surface area contributed by atoms with Gasteiger partial charge in [-0.2, -0.15) is 0 Å². The number of amides is 1. The van der Waals surface area contributed by atoms with Crippen LogP contribution in [0.3, 0.4) is 0 Å². The summed E-state index contributed by atoms with van der Waals surface area (Å²) in [5.41, 5.74) is 0. The quantitative estimate of drug-likeness (QED) is 0.569. The number of hydrogen-bond donors (Lipinski definition) is 1. The highest BCUT2D eigenvalue weighted by Crippen LogP contribution is 2.01. The fourth-order valence-corrected chi connectivity index (χ4v) is 1.34. The van der Waals surface area contributed by atoms with Gasteiger partial charge in [0, 0.05) is 20.6 Å². The third-order valence-electron chi connectivity index (χ3n) is 1.87. The largest absolute Gasteiger partial charge is 0.468 e. The van der Waals surface area contributed by atoms with Crippen molar-refractivity contribution in [3.8, 4) is 0 Å². The lowest BCUT2D eigenvalue weighted by atomic mass is 10.3. The fraction of sp³-hybridized carbons (Fsp3) is 0.778. The Kier molecular flexibility index (Phi) is 6.51. The van der Waals surface area contributed by atoms with Crippen molar-refractivity contribution < 1.29 is 14.3 Å². The average Bonchev–Trinajstić information content (AvgIpc) is 2.22. The highest BCUT2D eigenvalue weighted by Gasteiger charge is 2.19. The summed E-state index contributed by atoms with van der Waals surface area (Å²) in [5.74, 6) is -0.383. The van der Waals surface area contributed by atoms with Crippen LogP contribution in [0.5, 0.6) is 0 Å². The fourth-order valence-electron chi connectivity index (χ4n) is 0.966. The van der Waals surface area contributed by atoms with Crippen LogP contribution in [-0.4, -0.2) is 55.4 Å². The van der Waals surface area contributed by atoms with Gasteiger partial charge in [-0.15, -0.1) is 0 Å². The summed E-state index contributed by atoms with van der Waals surface area (Å²) in [6, 6.07) is -0.315. The highest BCUT2D eigenvalue weighted by molar-refractivity contribution is 9.10. The van der Waals surface area contributed by atoms with Crippen molar-refractivity contribution in [2.45, 2.75) is 17.8 Å². The van der Waals surface area contributed by atoms with E-state index in [2.05, 4.69) is 26.0 Å². The van der Waals surface area contributed by atoms with Gasteiger partial charge in [-0.3, -0.25) is 9.59 Å². The first-order valence-corrected chi connectivity index (χ1v) is 5.48. The van der Waals surface area contributed by atoms with Gasteiger partial charge in [0.25, 0.3) is 0 Å².